The SMILES string of the molecule is NC(=O)[C@@H]1CCCN1C(=O)[C@@H]1Cc2ccc(OS(=O)(=O)C(F)(F)F)cc2CN1. The highest BCUT2D eigenvalue weighted by Gasteiger charge is 2.48. The van der Waals surface area contributed by atoms with E-state index in [1.807, 2.05) is 0 Å². The smallest absolute Gasteiger partial charge is 0.376 e. The third kappa shape index (κ3) is 3.92. The first-order valence-electron chi connectivity index (χ1n) is 8.45. The number of fused-ring (bicyclic) bond motifs is 1. The molecule has 0 spiro atoms. The molecule has 0 aromatic heterocycles. The maximum absolute atomic E-state index is 12.7. The van der Waals surface area contributed by atoms with Crippen LogP contribution in [-0.4, -0.2) is 49.3 Å². The summed E-state index contributed by atoms with van der Waals surface area (Å²) in [6.07, 6.45) is 1.43. The Bertz CT molecular complexity index is 903. The van der Waals surface area contributed by atoms with Crippen LogP contribution < -0.4 is 15.2 Å². The van der Waals surface area contributed by atoms with Crippen molar-refractivity contribution in [2.45, 2.75) is 43.4 Å². The second-order valence-electron chi connectivity index (χ2n) is 6.64. The lowest BCUT2D eigenvalue weighted by Crippen LogP contribution is -2.53. The molecule has 0 radical (unpaired) electrons. The van der Waals surface area contributed by atoms with Crippen LogP contribution in [-0.2, 0) is 32.7 Å². The van der Waals surface area contributed by atoms with Crippen molar-refractivity contribution in [3.05, 3.63) is 29.3 Å². The van der Waals surface area contributed by atoms with Gasteiger partial charge in [0, 0.05) is 13.1 Å². The third-order valence-corrected chi connectivity index (χ3v) is 5.77. The zero-order valence-corrected chi connectivity index (χ0v) is 15.3. The van der Waals surface area contributed by atoms with Gasteiger partial charge in [0.05, 0.1) is 6.04 Å². The Hall–Kier alpha value is -2.34. The lowest BCUT2D eigenvalue weighted by atomic mass is 9.94. The van der Waals surface area contributed by atoms with Gasteiger partial charge in [0.15, 0.2) is 0 Å². The van der Waals surface area contributed by atoms with Crippen molar-refractivity contribution in [1.82, 2.24) is 10.2 Å². The van der Waals surface area contributed by atoms with Gasteiger partial charge in [-0.15, -0.1) is 0 Å². The zero-order valence-electron chi connectivity index (χ0n) is 14.5. The molecule has 1 aromatic carbocycles. The van der Waals surface area contributed by atoms with E-state index in [1.54, 1.807) is 0 Å². The van der Waals surface area contributed by atoms with Crippen molar-refractivity contribution in [2.75, 3.05) is 6.54 Å². The summed E-state index contributed by atoms with van der Waals surface area (Å²) in [5.74, 6) is -1.29. The molecule has 2 atom stereocenters. The number of nitrogens with two attached hydrogens (primary N) is 1. The van der Waals surface area contributed by atoms with E-state index in [1.165, 1.54) is 17.0 Å². The fourth-order valence-corrected chi connectivity index (χ4v) is 3.87. The van der Waals surface area contributed by atoms with Gasteiger partial charge >= 0.3 is 15.6 Å². The molecule has 0 unspecified atom stereocenters. The number of primary amides is 1. The minimum atomic E-state index is -5.75. The van der Waals surface area contributed by atoms with Gasteiger partial charge in [0.2, 0.25) is 11.8 Å². The lowest BCUT2D eigenvalue weighted by Gasteiger charge is -2.31. The average Bonchev–Trinajstić information content (AvgIpc) is 3.09. The summed E-state index contributed by atoms with van der Waals surface area (Å²) < 4.78 is 63.6. The number of carbonyl (C=O) groups excluding carboxylic acids is 2. The molecule has 1 saturated heterocycles. The number of nitrogens with one attached hydrogen (secondary N) is 1. The average molecular weight is 421 g/mol. The number of nitrogens with zero attached hydrogens (tertiary/aromatic N) is 1. The van der Waals surface area contributed by atoms with E-state index in [4.69, 9.17) is 5.73 Å². The Morgan fingerprint density at radius 1 is 1.25 bits per heavy atom. The van der Waals surface area contributed by atoms with Crippen molar-refractivity contribution < 1.29 is 35.4 Å². The molecule has 0 aliphatic carbocycles. The number of hydrogen-bond acceptors (Lipinski definition) is 6. The quantitative estimate of drug-likeness (QED) is 0.537. The highest BCUT2D eigenvalue weighted by atomic mass is 32.2. The number of amides is 2. The molecule has 154 valence electrons. The van der Waals surface area contributed by atoms with Crippen molar-refractivity contribution >= 4 is 21.9 Å². The Balaban J connectivity index is 1.73. The highest BCUT2D eigenvalue weighted by molar-refractivity contribution is 7.88. The monoisotopic (exact) mass is 421 g/mol. The first kappa shape index (κ1) is 20.4. The molecule has 3 N–H and O–H groups in total. The molecule has 2 amide bonds. The van der Waals surface area contributed by atoms with Gasteiger partial charge in [-0.2, -0.15) is 21.6 Å². The second-order valence-corrected chi connectivity index (χ2v) is 8.18. The molecule has 1 fully saturated rings. The van der Waals surface area contributed by atoms with Gasteiger partial charge in [-0.1, -0.05) is 6.07 Å². The van der Waals surface area contributed by atoms with E-state index in [0.29, 0.717) is 30.5 Å². The van der Waals surface area contributed by atoms with E-state index in [0.717, 1.165) is 6.07 Å². The van der Waals surface area contributed by atoms with Crippen LogP contribution in [0.15, 0.2) is 18.2 Å². The topological polar surface area (TPSA) is 119 Å². The van der Waals surface area contributed by atoms with Crippen LogP contribution in [0.5, 0.6) is 5.75 Å². The zero-order chi connectivity index (χ0) is 20.7. The van der Waals surface area contributed by atoms with Crippen molar-refractivity contribution in [2.24, 2.45) is 5.73 Å². The Labute approximate surface area is 158 Å². The molecule has 8 nitrogen and oxygen atoms in total. The molecule has 0 saturated carbocycles. The van der Waals surface area contributed by atoms with Gasteiger partial charge in [-0.05, 0) is 42.5 Å². The van der Waals surface area contributed by atoms with E-state index in [9.17, 15) is 31.2 Å². The molecule has 2 aliphatic rings. The minimum Gasteiger partial charge on any atom is -0.376 e. The molecule has 0 bridgehead atoms. The standard InChI is InChI=1S/C16H18F3N3O5S/c17-16(18,19)28(25,26)27-11-4-3-9-7-12(21-8-10(9)6-11)15(24)22-5-1-2-13(22)14(20)23/h3-4,6,12-13,21H,1-2,5,7-8H2,(H2,20,23)/t12-,13-/m0/s1. The maximum Gasteiger partial charge on any atom is 0.534 e. The van der Waals surface area contributed by atoms with Gasteiger partial charge in [0.25, 0.3) is 0 Å². The summed E-state index contributed by atoms with van der Waals surface area (Å²) in [7, 11) is -5.75. The van der Waals surface area contributed by atoms with Crippen LogP contribution in [0.1, 0.15) is 24.0 Å². The molecular formula is C16H18F3N3O5S. The van der Waals surface area contributed by atoms with E-state index >= 15 is 0 Å². The van der Waals surface area contributed by atoms with Crippen molar-refractivity contribution in [3.8, 4) is 5.75 Å². The molecule has 2 aliphatic heterocycles. The Morgan fingerprint density at radius 3 is 2.61 bits per heavy atom. The molecule has 28 heavy (non-hydrogen) atoms. The van der Waals surface area contributed by atoms with Crippen LogP contribution >= 0.6 is 0 Å². The van der Waals surface area contributed by atoms with Crippen LogP contribution in [0.2, 0.25) is 0 Å². The van der Waals surface area contributed by atoms with Crippen molar-refractivity contribution in [3.63, 3.8) is 0 Å². The second kappa shape index (κ2) is 7.24. The van der Waals surface area contributed by atoms with Crippen LogP contribution in [0, 0.1) is 0 Å². The number of carbonyl (C=O) groups is 2. The number of halogens is 3. The summed E-state index contributed by atoms with van der Waals surface area (Å²) >= 11 is 0. The van der Waals surface area contributed by atoms with Crippen LogP contribution in [0.4, 0.5) is 13.2 Å². The van der Waals surface area contributed by atoms with E-state index < -0.39 is 39.4 Å². The molecular weight excluding hydrogens is 403 g/mol. The van der Waals surface area contributed by atoms with Gasteiger partial charge in [-0.3, -0.25) is 9.59 Å². The van der Waals surface area contributed by atoms with Gasteiger partial charge < -0.3 is 20.1 Å². The predicted octanol–water partition coefficient (Wildman–Crippen LogP) is 0.406. The molecule has 2 heterocycles. The summed E-state index contributed by atoms with van der Waals surface area (Å²) in [5.41, 5.74) is 1.00. The number of alkyl halides is 3. The first-order chi connectivity index (χ1) is 13.0. The molecule has 12 heteroatoms. The summed E-state index contributed by atoms with van der Waals surface area (Å²) in [6.45, 7) is 0.559. The maximum atomic E-state index is 12.7. The highest BCUT2D eigenvalue weighted by Crippen LogP contribution is 2.30. The van der Waals surface area contributed by atoms with Crippen LogP contribution in [0.25, 0.3) is 0 Å². The fourth-order valence-electron chi connectivity index (χ4n) is 3.42. The minimum absolute atomic E-state index is 0.129. The van der Waals surface area contributed by atoms with Gasteiger partial charge in [0.1, 0.15) is 11.8 Å². The van der Waals surface area contributed by atoms with Gasteiger partial charge in [-0.25, -0.2) is 0 Å². The number of rotatable bonds is 4. The van der Waals surface area contributed by atoms with E-state index in [-0.39, 0.29) is 18.9 Å². The largest absolute Gasteiger partial charge is 0.534 e. The normalized spacial score (nSPS) is 22.6. The fraction of sp³-hybridized carbons (Fsp3) is 0.500. The summed E-state index contributed by atoms with van der Waals surface area (Å²) in [6, 6.07) is 2.47. The number of hydrogen-bond donors (Lipinski definition) is 2. The molecule has 3 rings (SSSR count). The predicted molar refractivity (Wildman–Crippen MR) is 90.3 cm³/mol. The number of benzene rings is 1. The Morgan fingerprint density at radius 2 is 1.96 bits per heavy atom. The Kier molecular flexibility index (Phi) is 5.28. The van der Waals surface area contributed by atoms with Crippen molar-refractivity contribution in [1.29, 1.82) is 0 Å². The first-order valence-corrected chi connectivity index (χ1v) is 9.86. The third-order valence-electron chi connectivity index (χ3n) is 4.79. The number of likely N-dealkylation sites (tertiary alicyclic amines) is 1. The lowest BCUT2D eigenvalue weighted by molar-refractivity contribution is -0.139. The van der Waals surface area contributed by atoms with Crippen LogP contribution in [0.3, 0.4) is 0 Å². The molecule has 1 aromatic rings. The van der Waals surface area contributed by atoms with E-state index in [2.05, 4.69) is 9.50 Å². The summed E-state index contributed by atoms with van der Waals surface area (Å²) in [5, 5.41) is 2.96. The summed E-state index contributed by atoms with van der Waals surface area (Å²) in [4.78, 5) is 25.6.